The lowest BCUT2D eigenvalue weighted by Crippen LogP contribution is -2.36. The summed E-state index contributed by atoms with van der Waals surface area (Å²) in [4.78, 5) is 27.7. The van der Waals surface area contributed by atoms with E-state index >= 15 is 0 Å². The lowest BCUT2D eigenvalue weighted by Gasteiger charge is -2.18. The van der Waals surface area contributed by atoms with Gasteiger partial charge in [-0.3, -0.25) is 14.3 Å². The van der Waals surface area contributed by atoms with E-state index in [1.165, 1.54) is 10.5 Å². The van der Waals surface area contributed by atoms with Crippen LogP contribution >= 0.6 is 11.8 Å². The van der Waals surface area contributed by atoms with Crippen molar-refractivity contribution in [2.24, 2.45) is 0 Å². The van der Waals surface area contributed by atoms with Gasteiger partial charge in [-0.2, -0.15) is 0 Å². The van der Waals surface area contributed by atoms with Crippen LogP contribution in [0.25, 0.3) is 0 Å². The van der Waals surface area contributed by atoms with Gasteiger partial charge in [-0.1, -0.05) is 41.9 Å². The van der Waals surface area contributed by atoms with Crippen LogP contribution < -0.4 is 11.1 Å². The summed E-state index contributed by atoms with van der Waals surface area (Å²) >= 11 is 1.77. The molecule has 0 aliphatic heterocycles. The monoisotopic (exact) mass is 395 g/mol. The highest BCUT2D eigenvalue weighted by Gasteiger charge is 2.32. The first-order valence-corrected chi connectivity index (χ1v) is 10.3. The quantitative estimate of drug-likeness (QED) is 0.621. The van der Waals surface area contributed by atoms with E-state index < -0.39 is 5.76 Å². The van der Waals surface area contributed by atoms with E-state index in [9.17, 15) is 9.59 Å². The van der Waals surface area contributed by atoms with E-state index in [0.717, 1.165) is 25.0 Å². The Bertz CT molecular complexity index is 982. The van der Waals surface area contributed by atoms with Gasteiger partial charge in [-0.15, -0.1) is 11.8 Å². The van der Waals surface area contributed by atoms with Crippen LogP contribution in [0.2, 0.25) is 0 Å². The normalized spacial score (nSPS) is 18.9. The number of aromatic nitrogens is 2. The summed E-state index contributed by atoms with van der Waals surface area (Å²) in [5.74, 6) is 0.690. The molecule has 1 amide bonds. The molecule has 0 radical (unpaired) electrons. The fourth-order valence-electron chi connectivity index (χ4n) is 3.55. The van der Waals surface area contributed by atoms with Gasteiger partial charge in [-0.25, -0.2) is 4.79 Å². The number of aromatic amines is 1. The number of nitrogens with one attached hydrogen (secondary N) is 2. The molecule has 2 N–H and O–H groups in total. The fraction of sp³-hybridized carbons (Fsp3) is 0.286. The third-order valence-electron chi connectivity index (χ3n) is 5.01. The SMILES string of the molecule is O=C(NC1CCCC1c1noc(=O)[nH]1)c1ccc(CSc2ccccc2)cc1. The summed E-state index contributed by atoms with van der Waals surface area (Å²) in [5, 5.41) is 6.87. The first-order valence-electron chi connectivity index (χ1n) is 9.32. The average Bonchev–Trinajstić information content (AvgIpc) is 3.36. The average molecular weight is 395 g/mol. The maximum atomic E-state index is 12.6. The highest BCUT2D eigenvalue weighted by atomic mass is 32.2. The van der Waals surface area contributed by atoms with Crippen molar-refractivity contribution in [2.45, 2.75) is 41.9 Å². The first-order chi connectivity index (χ1) is 13.7. The van der Waals surface area contributed by atoms with Crippen LogP contribution in [0.15, 0.2) is 68.8 Å². The van der Waals surface area contributed by atoms with Crippen LogP contribution in [0.3, 0.4) is 0 Å². The Labute approximate surface area is 166 Å². The Morgan fingerprint density at radius 1 is 1.14 bits per heavy atom. The second-order valence-corrected chi connectivity index (χ2v) is 7.95. The highest BCUT2D eigenvalue weighted by Crippen LogP contribution is 2.32. The number of rotatable bonds is 6. The lowest BCUT2D eigenvalue weighted by molar-refractivity contribution is 0.0933. The fourth-order valence-corrected chi connectivity index (χ4v) is 4.42. The molecule has 144 valence electrons. The number of hydrogen-bond acceptors (Lipinski definition) is 5. The van der Waals surface area contributed by atoms with Crippen LogP contribution in [0.4, 0.5) is 0 Å². The topological polar surface area (TPSA) is 88.0 Å². The van der Waals surface area contributed by atoms with Gasteiger partial charge in [0.2, 0.25) is 0 Å². The summed E-state index contributed by atoms with van der Waals surface area (Å²) < 4.78 is 4.61. The second-order valence-electron chi connectivity index (χ2n) is 6.90. The summed E-state index contributed by atoms with van der Waals surface area (Å²) in [7, 11) is 0. The summed E-state index contributed by atoms with van der Waals surface area (Å²) in [6, 6.07) is 17.9. The van der Waals surface area contributed by atoms with Gasteiger partial charge in [0.1, 0.15) is 0 Å². The van der Waals surface area contributed by atoms with E-state index in [-0.39, 0.29) is 17.9 Å². The van der Waals surface area contributed by atoms with Crippen LogP contribution in [0.1, 0.15) is 46.9 Å². The molecule has 2 aromatic carbocycles. The van der Waals surface area contributed by atoms with E-state index in [1.807, 2.05) is 42.5 Å². The van der Waals surface area contributed by atoms with Crippen molar-refractivity contribution in [1.82, 2.24) is 15.5 Å². The zero-order valence-corrected chi connectivity index (χ0v) is 16.1. The molecular formula is C21H21N3O3S. The summed E-state index contributed by atoms with van der Waals surface area (Å²) in [6.07, 6.45) is 2.69. The van der Waals surface area contributed by atoms with E-state index in [2.05, 4.69) is 32.1 Å². The van der Waals surface area contributed by atoms with Crippen LogP contribution in [0.5, 0.6) is 0 Å². The van der Waals surface area contributed by atoms with E-state index in [1.54, 1.807) is 11.8 Å². The van der Waals surface area contributed by atoms with Gasteiger partial charge < -0.3 is 5.32 Å². The minimum atomic E-state index is -0.559. The Morgan fingerprint density at radius 2 is 1.93 bits per heavy atom. The van der Waals surface area contributed by atoms with E-state index in [0.29, 0.717) is 11.4 Å². The Balaban J connectivity index is 1.36. The molecule has 0 saturated heterocycles. The van der Waals surface area contributed by atoms with Crippen molar-refractivity contribution < 1.29 is 9.32 Å². The molecular weight excluding hydrogens is 374 g/mol. The Hall–Kier alpha value is -2.80. The van der Waals surface area contributed by atoms with Gasteiger partial charge >= 0.3 is 5.76 Å². The molecule has 2 atom stereocenters. The molecule has 1 aliphatic carbocycles. The van der Waals surface area contributed by atoms with Gasteiger partial charge in [0.15, 0.2) is 5.82 Å². The van der Waals surface area contributed by atoms with Crippen molar-refractivity contribution in [3.8, 4) is 0 Å². The lowest BCUT2D eigenvalue weighted by atomic mass is 10.0. The molecule has 7 heteroatoms. The number of benzene rings is 2. The van der Waals surface area contributed by atoms with Gasteiger partial charge in [0.05, 0.1) is 0 Å². The summed E-state index contributed by atoms with van der Waals surface area (Å²) in [5.41, 5.74) is 1.80. The van der Waals surface area contributed by atoms with Crippen molar-refractivity contribution in [1.29, 1.82) is 0 Å². The van der Waals surface area contributed by atoms with Crippen LogP contribution in [0, 0.1) is 0 Å². The second kappa shape index (κ2) is 8.48. The van der Waals surface area contributed by atoms with Crippen LogP contribution in [-0.4, -0.2) is 22.1 Å². The molecule has 1 fully saturated rings. The molecule has 1 aromatic heterocycles. The maximum Gasteiger partial charge on any atom is 0.438 e. The van der Waals surface area contributed by atoms with Gasteiger partial charge in [0.25, 0.3) is 5.91 Å². The predicted molar refractivity (Wildman–Crippen MR) is 107 cm³/mol. The number of carbonyl (C=O) groups is 1. The molecule has 4 rings (SSSR count). The number of thioether (sulfide) groups is 1. The molecule has 0 bridgehead atoms. The molecule has 1 saturated carbocycles. The molecule has 0 spiro atoms. The number of amides is 1. The van der Waals surface area contributed by atoms with Crippen molar-refractivity contribution in [3.05, 3.63) is 82.1 Å². The molecule has 3 aromatic rings. The number of carbonyl (C=O) groups excluding carboxylic acids is 1. The Kier molecular flexibility index (Phi) is 5.62. The molecule has 1 heterocycles. The highest BCUT2D eigenvalue weighted by molar-refractivity contribution is 7.98. The predicted octanol–water partition coefficient (Wildman–Crippen LogP) is 3.72. The standard InChI is InChI=1S/C21H21N3O3S/c25-20(22-18-8-4-7-17(18)19-23-21(26)27-24-19)15-11-9-14(10-12-15)13-28-16-5-2-1-3-6-16/h1-3,5-6,9-12,17-18H,4,7-8,13H2,(H,22,25)(H,23,24,26). The van der Waals surface area contributed by atoms with Gasteiger partial charge in [-0.05, 0) is 42.7 Å². The Morgan fingerprint density at radius 3 is 2.64 bits per heavy atom. The zero-order chi connectivity index (χ0) is 19.3. The maximum absolute atomic E-state index is 12.6. The number of hydrogen-bond donors (Lipinski definition) is 2. The molecule has 6 nitrogen and oxygen atoms in total. The number of nitrogens with zero attached hydrogens (tertiary/aromatic N) is 1. The largest absolute Gasteiger partial charge is 0.438 e. The number of H-pyrrole nitrogens is 1. The zero-order valence-electron chi connectivity index (χ0n) is 15.3. The van der Waals surface area contributed by atoms with E-state index in [4.69, 9.17) is 0 Å². The van der Waals surface area contributed by atoms with Crippen molar-refractivity contribution in [2.75, 3.05) is 0 Å². The summed E-state index contributed by atoms with van der Waals surface area (Å²) in [6.45, 7) is 0. The van der Waals surface area contributed by atoms with Crippen molar-refractivity contribution >= 4 is 17.7 Å². The third kappa shape index (κ3) is 4.36. The third-order valence-corrected chi connectivity index (χ3v) is 6.09. The molecule has 2 unspecified atom stereocenters. The smallest absolute Gasteiger partial charge is 0.349 e. The van der Waals surface area contributed by atoms with Crippen LogP contribution in [-0.2, 0) is 5.75 Å². The first kappa shape index (κ1) is 18.6. The molecule has 28 heavy (non-hydrogen) atoms. The molecule has 1 aliphatic rings. The minimum absolute atomic E-state index is 0.0167. The minimum Gasteiger partial charge on any atom is -0.349 e. The van der Waals surface area contributed by atoms with Gasteiger partial charge in [0, 0.05) is 28.2 Å². The van der Waals surface area contributed by atoms with Crippen molar-refractivity contribution in [3.63, 3.8) is 0 Å².